The van der Waals surface area contributed by atoms with Crippen LogP contribution in [0.25, 0.3) is 0 Å². The van der Waals surface area contributed by atoms with Crippen molar-refractivity contribution in [2.24, 2.45) is 0 Å². The number of benzene rings is 1. The van der Waals surface area contributed by atoms with Gasteiger partial charge in [0.1, 0.15) is 11.9 Å². The van der Waals surface area contributed by atoms with E-state index in [-0.39, 0.29) is 12.1 Å². The van der Waals surface area contributed by atoms with Gasteiger partial charge in [0.15, 0.2) is 0 Å². The molecule has 2 atom stereocenters. The predicted molar refractivity (Wildman–Crippen MR) is 62.9 cm³/mol. The van der Waals surface area contributed by atoms with Gasteiger partial charge in [0.05, 0.1) is 6.10 Å². The molecule has 0 radical (unpaired) electrons. The van der Waals surface area contributed by atoms with Crippen molar-refractivity contribution in [1.29, 1.82) is 0 Å². The summed E-state index contributed by atoms with van der Waals surface area (Å²) in [6, 6.07) is 4.63. The lowest BCUT2D eigenvalue weighted by Crippen LogP contribution is -2.33. The van der Waals surface area contributed by atoms with E-state index in [1.807, 2.05) is 0 Å². The molecule has 0 aromatic heterocycles. The molecule has 0 saturated carbocycles. The van der Waals surface area contributed by atoms with Crippen molar-refractivity contribution in [1.82, 2.24) is 5.32 Å². The summed E-state index contributed by atoms with van der Waals surface area (Å²) >= 11 is 0. The van der Waals surface area contributed by atoms with Gasteiger partial charge in [-0.25, -0.2) is 0 Å². The van der Waals surface area contributed by atoms with Crippen LogP contribution < -0.4 is 10.1 Å². The molecule has 0 fully saturated rings. The Balaban J connectivity index is 2.85. The van der Waals surface area contributed by atoms with Gasteiger partial charge in [-0.3, -0.25) is 0 Å². The van der Waals surface area contributed by atoms with Gasteiger partial charge < -0.3 is 20.3 Å². The van der Waals surface area contributed by atoms with Crippen molar-refractivity contribution in [2.45, 2.75) is 24.7 Å². The van der Waals surface area contributed by atoms with E-state index in [9.17, 15) is 27.8 Å². The van der Waals surface area contributed by atoms with Gasteiger partial charge in [-0.15, -0.1) is 0 Å². The van der Waals surface area contributed by atoms with Crippen molar-refractivity contribution in [3.05, 3.63) is 29.8 Å². The second-order valence-electron chi connectivity index (χ2n) is 4.11. The van der Waals surface area contributed by atoms with E-state index in [0.29, 0.717) is 0 Å². The van der Waals surface area contributed by atoms with E-state index in [4.69, 9.17) is 0 Å². The summed E-state index contributed by atoms with van der Waals surface area (Å²) < 4.78 is 53.4. The summed E-state index contributed by atoms with van der Waals surface area (Å²) in [6.07, 6.45) is -11.1. The summed E-state index contributed by atoms with van der Waals surface area (Å²) in [5, 5.41) is 22.0. The van der Waals surface area contributed by atoms with Crippen molar-refractivity contribution in [3.8, 4) is 5.75 Å². The Hall–Kier alpha value is -1.38. The first-order chi connectivity index (χ1) is 9.27. The zero-order chi connectivity index (χ0) is 15.3. The van der Waals surface area contributed by atoms with Gasteiger partial charge >= 0.3 is 12.5 Å². The summed E-state index contributed by atoms with van der Waals surface area (Å²) in [7, 11) is 1.55. The molecule has 20 heavy (non-hydrogen) atoms. The Morgan fingerprint density at radius 2 is 1.95 bits per heavy atom. The highest BCUT2D eigenvalue weighted by Crippen LogP contribution is 2.29. The van der Waals surface area contributed by atoms with Gasteiger partial charge in [0.2, 0.25) is 0 Å². The minimum Gasteiger partial charge on any atom is -0.428 e. The molecule has 0 amide bonds. The lowest BCUT2D eigenvalue weighted by molar-refractivity contribution is -0.253. The molecule has 1 rings (SSSR count). The number of aliphatic hydroxyl groups is 2. The first-order valence-electron chi connectivity index (χ1n) is 5.73. The maximum absolute atomic E-state index is 12.8. The summed E-state index contributed by atoms with van der Waals surface area (Å²) in [4.78, 5) is 0. The zero-order valence-electron chi connectivity index (χ0n) is 10.6. The molecular weight excluding hydrogens is 282 g/mol. The minimum atomic E-state index is -4.62. The molecule has 114 valence electrons. The molecule has 4 nitrogen and oxygen atoms in total. The SMILES string of the molecule is CNCC(O)C(O)c1cccc(OC(F)(F)C(F)F)c1. The lowest BCUT2D eigenvalue weighted by atomic mass is 10.0. The molecule has 8 heteroatoms. The quantitative estimate of drug-likeness (QED) is 0.668. The highest BCUT2D eigenvalue weighted by atomic mass is 19.3. The van der Waals surface area contributed by atoms with Crippen LogP contribution in [0.1, 0.15) is 11.7 Å². The number of nitrogens with one attached hydrogen (secondary N) is 1. The zero-order valence-corrected chi connectivity index (χ0v) is 10.6. The predicted octanol–water partition coefficient (Wildman–Crippen LogP) is 1.54. The minimum absolute atomic E-state index is 0.0689. The monoisotopic (exact) mass is 297 g/mol. The van der Waals surface area contributed by atoms with E-state index in [1.54, 1.807) is 7.05 Å². The second-order valence-corrected chi connectivity index (χ2v) is 4.11. The van der Waals surface area contributed by atoms with Crippen LogP contribution in [0.4, 0.5) is 17.6 Å². The summed E-state index contributed by atoms with van der Waals surface area (Å²) in [6.45, 7) is 0.0689. The maximum atomic E-state index is 12.8. The van der Waals surface area contributed by atoms with Gasteiger partial charge in [-0.2, -0.15) is 17.6 Å². The fourth-order valence-corrected chi connectivity index (χ4v) is 1.51. The van der Waals surface area contributed by atoms with Crippen LogP contribution in [-0.4, -0.2) is 42.4 Å². The number of aliphatic hydroxyl groups excluding tert-OH is 2. The van der Waals surface area contributed by atoms with E-state index >= 15 is 0 Å². The Labute approximate surface area is 113 Å². The number of hydrogen-bond donors (Lipinski definition) is 3. The van der Waals surface area contributed by atoms with Gasteiger partial charge in [-0.05, 0) is 24.7 Å². The number of likely N-dealkylation sites (N-methyl/N-ethyl adjacent to an activating group) is 1. The number of alkyl halides is 4. The average molecular weight is 297 g/mol. The van der Waals surface area contributed by atoms with Crippen LogP contribution in [0.15, 0.2) is 24.3 Å². The first kappa shape index (κ1) is 16.7. The molecule has 0 aliphatic heterocycles. The van der Waals surface area contributed by atoms with Gasteiger partial charge in [0.25, 0.3) is 0 Å². The van der Waals surface area contributed by atoms with Crippen LogP contribution in [0.2, 0.25) is 0 Å². The fraction of sp³-hybridized carbons (Fsp3) is 0.500. The molecule has 0 heterocycles. The standard InChI is InChI=1S/C12H15F4NO3/c1-17-6-9(18)10(19)7-3-2-4-8(5-7)20-12(15,16)11(13)14/h2-5,9-11,17-19H,6H2,1H3. The van der Waals surface area contributed by atoms with Crippen LogP contribution >= 0.6 is 0 Å². The second kappa shape index (κ2) is 6.87. The molecule has 0 saturated heterocycles. The Morgan fingerprint density at radius 1 is 1.30 bits per heavy atom. The van der Waals surface area contributed by atoms with Crippen molar-refractivity contribution in [3.63, 3.8) is 0 Å². The third-order valence-corrected chi connectivity index (χ3v) is 2.49. The number of hydrogen-bond acceptors (Lipinski definition) is 4. The smallest absolute Gasteiger partial charge is 0.428 e. The van der Waals surface area contributed by atoms with Gasteiger partial charge in [0, 0.05) is 6.54 Å². The fourth-order valence-electron chi connectivity index (χ4n) is 1.51. The van der Waals surface area contributed by atoms with Crippen molar-refractivity contribution < 1.29 is 32.5 Å². The Bertz CT molecular complexity index is 431. The highest BCUT2D eigenvalue weighted by Gasteiger charge is 2.44. The van der Waals surface area contributed by atoms with E-state index < -0.39 is 30.5 Å². The molecule has 0 bridgehead atoms. The van der Waals surface area contributed by atoms with Crippen molar-refractivity contribution in [2.75, 3.05) is 13.6 Å². The molecule has 1 aromatic rings. The van der Waals surface area contributed by atoms with Crippen LogP contribution in [-0.2, 0) is 0 Å². The number of halogens is 4. The topological polar surface area (TPSA) is 61.7 Å². The maximum Gasteiger partial charge on any atom is 0.461 e. The van der Waals surface area contributed by atoms with E-state index in [1.165, 1.54) is 12.1 Å². The first-order valence-corrected chi connectivity index (χ1v) is 5.73. The Morgan fingerprint density at radius 3 is 2.50 bits per heavy atom. The van der Waals surface area contributed by atoms with Crippen LogP contribution in [0.5, 0.6) is 5.75 Å². The molecule has 2 unspecified atom stereocenters. The average Bonchev–Trinajstić information content (AvgIpc) is 2.37. The molecule has 0 aliphatic rings. The molecule has 3 N–H and O–H groups in total. The summed E-state index contributed by atoms with van der Waals surface area (Å²) in [5.41, 5.74) is 0.0790. The van der Waals surface area contributed by atoms with E-state index in [0.717, 1.165) is 12.1 Å². The van der Waals surface area contributed by atoms with Gasteiger partial charge in [-0.1, -0.05) is 12.1 Å². The third-order valence-electron chi connectivity index (χ3n) is 2.49. The Kier molecular flexibility index (Phi) is 5.73. The normalized spacial score (nSPS) is 15.2. The molecule has 0 spiro atoms. The molecule has 0 aliphatic carbocycles. The lowest BCUT2D eigenvalue weighted by Gasteiger charge is -2.20. The van der Waals surface area contributed by atoms with E-state index in [2.05, 4.69) is 10.1 Å². The highest BCUT2D eigenvalue weighted by molar-refractivity contribution is 5.30. The largest absolute Gasteiger partial charge is 0.461 e. The number of rotatable bonds is 7. The van der Waals surface area contributed by atoms with Crippen molar-refractivity contribution >= 4 is 0 Å². The molecular formula is C12H15F4NO3. The summed E-state index contributed by atoms with van der Waals surface area (Å²) in [5.74, 6) is -0.525. The van der Waals surface area contributed by atoms with Crippen LogP contribution in [0.3, 0.4) is 0 Å². The molecule has 1 aromatic carbocycles. The third kappa shape index (κ3) is 4.32. The van der Waals surface area contributed by atoms with Crippen LogP contribution in [0, 0.1) is 0 Å². The number of ether oxygens (including phenoxy) is 1.